The first-order valence-corrected chi connectivity index (χ1v) is 6.04. The van der Waals surface area contributed by atoms with Crippen LogP contribution in [0.4, 0.5) is 14.6 Å². The third-order valence-electron chi connectivity index (χ3n) is 3.13. The van der Waals surface area contributed by atoms with E-state index in [1.807, 2.05) is 19.1 Å². The molecule has 2 aromatic carbocycles. The predicted molar refractivity (Wildman–Crippen MR) is 74.0 cm³/mol. The fourth-order valence-electron chi connectivity index (χ4n) is 2.18. The molecule has 0 aliphatic rings. The summed E-state index contributed by atoms with van der Waals surface area (Å²) in [6.07, 6.45) is 0. The highest BCUT2D eigenvalue weighted by Crippen LogP contribution is 2.27. The lowest BCUT2D eigenvalue weighted by molar-refractivity contribution is 0.585. The lowest BCUT2D eigenvalue weighted by Crippen LogP contribution is -2.00. The first-order valence-electron chi connectivity index (χ1n) is 6.04. The molecule has 0 aliphatic heterocycles. The number of halogens is 2. The number of fused-ring (bicyclic) bond motifs is 1. The molecule has 0 saturated carbocycles. The minimum atomic E-state index is -0.712. The summed E-state index contributed by atoms with van der Waals surface area (Å²) in [6, 6.07) is 8.80. The van der Waals surface area contributed by atoms with Gasteiger partial charge in [0.05, 0.1) is 11.1 Å². The maximum atomic E-state index is 13.8. The third kappa shape index (κ3) is 1.97. The molecule has 100 valence electrons. The molecule has 0 spiro atoms. The second-order valence-electron chi connectivity index (χ2n) is 4.53. The van der Waals surface area contributed by atoms with Crippen LogP contribution < -0.4 is 5.73 Å². The molecule has 1 aromatic heterocycles. The van der Waals surface area contributed by atoms with E-state index < -0.39 is 11.6 Å². The normalized spacial score (nSPS) is 10.9. The van der Waals surface area contributed by atoms with Crippen molar-refractivity contribution in [1.82, 2.24) is 9.97 Å². The lowest BCUT2D eigenvalue weighted by atomic mass is 10.1. The van der Waals surface area contributed by atoms with Gasteiger partial charge in [0, 0.05) is 11.5 Å². The molecule has 0 radical (unpaired) electrons. The Kier molecular flexibility index (Phi) is 2.82. The Hall–Kier alpha value is -2.56. The van der Waals surface area contributed by atoms with E-state index in [-0.39, 0.29) is 17.2 Å². The summed E-state index contributed by atoms with van der Waals surface area (Å²) in [7, 11) is 0. The molecule has 0 unspecified atom stereocenters. The van der Waals surface area contributed by atoms with Crippen LogP contribution in [-0.2, 0) is 0 Å². The molecule has 3 rings (SSSR count). The number of aromatic nitrogens is 2. The molecule has 0 fully saturated rings. The summed E-state index contributed by atoms with van der Waals surface area (Å²) in [5.74, 6) is -0.919. The van der Waals surface area contributed by atoms with Crippen LogP contribution in [0.1, 0.15) is 5.56 Å². The number of aryl methyl sites for hydroxylation is 1. The molecule has 0 saturated heterocycles. The quantitative estimate of drug-likeness (QED) is 0.737. The second kappa shape index (κ2) is 4.52. The minimum Gasteiger partial charge on any atom is -0.383 e. The molecule has 2 N–H and O–H groups in total. The average Bonchev–Trinajstić information content (AvgIpc) is 2.38. The van der Waals surface area contributed by atoms with E-state index in [4.69, 9.17) is 5.73 Å². The van der Waals surface area contributed by atoms with Gasteiger partial charge in [-0.25, -0.2) is 18.7 Å². The molecule has 1 heterocycles. The van der Waals surface area contributed by atoms with E-state index in [1.165, 1.54) is 12.1 Å². The standard InChI is InChI=1S/C15H11F2N3/c1-8-3-2-4-12-13(8)14(18)20-15(19-12)10-6-5-9(16)7-11(10)17/h2-7H,1H3,(H2,18,19,20). The van der Waals surface area contributed by atoms with E-state index in [1.54, 1.807) is 6.07 Å². The molecule has 0 bridgehead atoms. The predicted octanol–water partition coefficient (Wildman–Crippen LogP) is 3.47. The Morgan fingerprint density at radius 2 is 1.85 bits per heavy atom. The van der Waals surface area contributed by atoms with E-state index in [2.05, 4.69) is 9.97 Å². The summed E-state index contributed by atoms with van der Waals surface area (Å²) in [5.41, 5.74) is 7.64. The van der Waals surface area contributed by atoms with Gasteiger partial charge in [0.1, 0.15) is 17.5 Å². The summed E-state index contributed by atoms with van der Waals surface area (Å²) in [4.78, 5) is 8.43. The van der Waals surface area contributed by atoms with E-state index in [0.29, 0.717) is 5.52 Å². The van der Waals surface area contributed by atoms with Gasteiger partial charge in [0.2, 0.25) is 0 Å². The summed E-state index contributed by atoms with van der Waals surface area (Å²) >= 11 is 0. The lowest BCUT2D eigenvalue weighted by Gasteiger charge is -2.08. The zero-order chi connectivity index (χ0) is 14.3. The molecule has 20 heavy (non-hydrogen) atoms. The van der Waals surface area contributed by atoms with Crippen molar-refractivity contribution in [2.24, 2.45) is 0 Å². The summed E-state index contributed by atoms with van der Waals surface area (Å²) in [6.45, 7) is 1.90. The molecule has 3 nitrogen and oxygen atoms in total. The van der Waals surface area contributed by atoms with Crippen molar-refractivity contribution in [3.8, 4) is 11.4 Å². The van der Waals surface area contributed by atoms with E-state index in [9.17, 15) is 8.78 Å². The highest BCUT2D eigenvalue weighted by Gasteiger charge is 2.13. The monoisotopic (exact) mass is 271 g/mol. The van der Waals surface area contributed by atoms with Gasteiger partial charge in [-0.2, -0.15) is 0 Å². The number of benzene rings is 2. The van der Waals surface area contributed by atoms with Gasteiger partial charge in [0.15, 0.2) is 5.82 Å². The van der Waals surface area contributed by atoms with Gasteiger partial charge in [0.25, 0.3) is 0 Å². The van der Waals surface area contributed by atoms with Crippen molar-refractivity contribution < 1.29 is 8.78 Å². The third-order valence-corrected chi connectivity index (χ3v) is 3.13. The van der Waals surface area contributed by atoms with Gasteiger partial charge in [-0.3, -0.25) is 0 Å². The van der Waals surface area contributed by atoms with Crippen molar-refractivity contribution in [2.75, 3.05) is 5.73 Å². The van der Waals surface area contributed by atoms with Crippen LogP contribution in [0.25, 0.3) is 22.3 Å². The number of hydrogen-bond donors (Lipinski definition) is 1. The fourth-order valence-corrected chi connectivity index (χ4v) is 2.18. The van der Waals surface area contributed by atoms with Crippen molar-refractivity contribution in [3.63, 3.8) is 0 Å². The largest absolute Gasteiger partial charge is 0.383 e. The van der Waals surface area contributed by atoms with Crippen molar-refractivity contribution >= 4 is 16.7 Å². The van der Waals surface area contributed by atoms with E-state index in [0.717, 1.165) is 17.0 Å². The van der Waals surface area contributed by atoms with Crippen LogP contribution in [0.15, 0.2) is 36.4 Å². The molecule has 5 heteroatoms. The van der Waals surface area contributed by atoms with Crippen LogP contribution in [0.2, 0.25) is 0 Å². The number of hydrogen-bond acceptors (Lipinski definition) is 3. The van der Waals surface area contributed by atoms with Crippen molar-refractivity contribution in [2.45, 2.75) is 6.92 Å². The van der Waals surface area contributed by atoms with Crippen molar-refractivity contribution in [1.29, 1.82) is 0 Å². The number of nitrogens with two attached hydrogens (primary N) is 1. The molecular weight excluding hydrogens is 260 g/mol. The Labute approximate surface area is 114 Å². The van der Waals surface area contributed by atoms with Gasteiger partial charge in [-0.1, -0.05) is 12.1 Å². The fraction of sp³-hybridized carbons (Fsp3) is 0.0667. The first-order chi connectivity index (χ1) is 9.56. The number of nitrogens with zero attached hydrogens (tertiary/aromatic N) is 2. The van der Waals surface area contributed by atoms with Gasteiger partial charge < -0.3 is 5.73 Å². The molecule has 0 amide bonds. The molecule has 3 aromatic rings. The first kappa shape index (κ1) is 12.5. The number of rotatable bonds is 1. The molecule has 0 aliphatic carbocycles. The Morgan fingerprint density at radius 1 is 1.05 bits per heavy atom. The second-order valence-corrected chi connectivity index (χ2v) is 4.53. The van der Waals surface area contributed by atoms with Crippen molar-refractivity contribution in [3.05, 3.63) is 53.6 Å². The highest BCUT2D eigenvalue weighted by atomic mass is 19.1. The summed E-state index contributed by atoms with van der Waals surface area (Å²) in [5, 5.41) is 0.749. The summed E-state index contributed by atoms with van der Waals surface area (Å²) < 4.78 is 26.7. The number of anilines is 1. The Balaban J connectivity index is 2.28. The zero-order valence-electron chi connectivity index (χ0n) is 10.7. The topological polar surface area (TPSA) is 51.8 Å². The minimum absolute atomic E-state index is 0.126. The van der Waals surface area contributed by atoms with Crippen LogP contribution >= 0.6 is 0 Å². The van der Waals surface area contributed by atoms with Crippen LogP contribution in [0.5, 0.6) is 0 Å². The van der Waals surface area contributed by atoms with Crippen LogP contribution in [-0.4, -0.2) is 9.97 Å². The molecule has 0 atom stereocenters. The Bertz CT molecular complexity index is 816. The SMILES string of the molecule is Cc1cccc2nc(-c3ccc(F)cc3F)nc(N)c12. The van der Waals surface area contributed by atoms with Gasteiger partial charge >= 0.3 is 0 Å². The van der Waals surface area contributed by atoms with Crippen LogP contribution in [0.3, 0.4) is 0 Å². The Morgan fingerprint density at radius 3 is 2.60 bits per heavy atom. The zero-order valence-corrected chi connectivity index (χ0v) is 10.7. The average molecular weight is 271 g/mol. The van der Waals surface area contributed by atoms with Gasteiger partial charge in [-0.05, 0) is 30.7 Å². The van der Waals surface area contributed by atoms with Gasteiger partial charge in [-0.15, -0.1) is 0 Å². The maximum Gasteiger partial charge on any atom is 0.165 e. The van der Waals surface area contributed by atoms with Crippen LogP contribution in [0, 0.1) is 18.6 Å². The molecular formula is C15H11F2N3. The number of nitrogen functional groups attached to an aromatic ring is 1. The smallest absolute Gasteiger partial charge is 0.165 e. The maximum absolute atomic E-state index is 13.8. The highest BCUT2D eigenvalue weighted by molar-refractivity contribution is 5.92. The van der Waals surface area contributed by atoms with E-state index >= 15 is 0 Å².